The van der Waals surface area contributed by atoms with E-state index in [1.165, 1.54) is 6.92 Å². The Kier molecular flexibility index (Phi) is 4.10. The summed E-state index contributed by atoms with van der Waals surface area (Å²) in [6, 6.07) is 1.65. The van der Waals surface area contributed by atoms with Crippen molar-refractivity contribution in [2.75, 3.05) is 29.5 Å². The zero-order valence-electron chi connectivity index (χ0n) is 13.0. The smallest absolute Gasteiger partial charge is 0.163 e. The molecule has 0 bridgehead atoms. The van der Waals surface area contributed by atoms with Crippen molar-refractivity contribution in [3.05, 3.63) is 28.7 Å². The van der Waals surface area contributed by atoms with Gasteiger partial charge >= 0.3 is 0 Å². The molecule has 0 aliphatic carbocycles. The molecule has 0 N–H and O–H groups in total. The molecule has 124 valence electrons. The molecule has 0 atom stereocenters. The molecule has 6 nitrogen and oxygen atoms in total. The van der Waals surface area contributed by atoms with Gasteiger partial charge in [-0.05, 0) is 26.3 Å². The van der Waals surface area contributed by atoms with Gasteiger partial charge in [0.05, 0.1) is 33.8 Å². The van der Waals surface area contributed by atoms with Gasteiger partial charge in [-0.1, -0.05) is 11.6 Å². The van der Waals surface area contributed by atoms with Crippen molar-refractivity contribution in [3.63, 3.8) is 0 Å². The SMILES string of the molecule is CC(=O)c1cc(Cl)c2cnc(C)n2c1N1CCCS(=O)(=O)CC1. The van der Waals surface area contributed by atoms with Crippen molar-refractivity contribution >= 4 is 38.6 Å². The topological polar surface area (TPSA) is 71.8 Å². The molecule has 0 spiro atoms. The summed E-state index contributed by atoms with van der Waals surface area (Å²) in [4.78, 5) is 18.4. The number of Topliss-reactive ketones (excluding diaryl/α,β-unsaturated/α-hetero) is 1. The first-order chi connectivity index (χ1) is 10.8. The summed E-state index contributed by atoms with van der Waals surface area (Å²) in [5.41, 5.74) is 1.21. The highest BCUT2D eigenvalue weighted by molar-refractivity contribution is 7.91. The minimum absolute atomic E-state index is 0.0855. The Morgan fingerprint density at radius 1 is 1.30 bits per heavy atom. The Morgan fingerprint density at radius 2 is 2.04 bits per heavy atom. The van der Waals surface area contributed by atoms with Crippen LogP contribution in [0.3, 0.4) is 0 Å². The maximum atomic E-state index is 12.1. The first-order valence-corrected chi connectivity index (χ1v) is 9.63. The number of fused-ring (bicyclic) bond motifs is 1. The van der Waals surface area contributed by atoms with Gasteiger partial charge in [0.2, 0.25) is 0 Å². The van der Waals surface area contributed by atoms with Crippen LogP contribution < -0.4 is 4.90 Å². The lowest BCUT2D eigenvalue weighted by Gasteiger charge is -2.26. The molecule has 3 rings (SSSR count). The van der Waals surface area contributed by atoms with Gasteiger partial charge < -0.3 is 4.90 Å². The fourth-order valence-electron chi connectivity index (χ4n) is 2.99. The summed E-state index contributed by atoms with van der Waals surface area (Å²) in [5.74, 6) is 1.56. The molecule has 1 aliphatic heterocycles. The van der Waals surface area contributed by atoms with Crippen LogP contribution >= 0.6 is 11.6 Å². The molecule has 0 aromatic carbocycles. The lowest BCUT2D eigenvalue weighted by molar-refractivity contribution is 0.101. The van der Waals surface area contributed by atoms with Crippen LogP contribution in [0.15, 0.2) is 12.3 Å². The first-order valence-electron chi connectivity index (χ1n) is 7.43. The van der Waals surface area contributed by atoms with E-state index in [0.29, 0.717) is 41.7 Å². The molecule has 0 saturated carbocycles. The van der Waals surface area contributed by atoms with Gasteiger partial charge in [0, 0.05) is 13.1 Å². The third-order valence-corrected chi connectivity index (χ3v) is 6.16. The van der Waals surface area contributed by atoms with Crippen molar-refractivity contribution in [2.24, 2.45) is 0 Å². The number of pyridine rings is 1. The van der Waals surface area contributed by atoms with Crippen molar-refractivity contribution in [3.8, 4) is 0 Å². The Hall–Kier alpha value is -1.60. The number of imidazole rings is 1. The molecular formula is C15H18ClN3O3S. The molecule has 0 radical (unpaired) electrons. The molecule has 1 aliphatic rings. The highest BCUT2D eigenvalue weighted by Gasteiger charge is 2.25. The number of halogens is 1. The lowest BCUT2D eigenvalue weighted by Crippen LogP contribution is -2.30. The number of anilines is 1. The van der Waals surface area contributed by atoms with E-state index >= 15 is 0 Å². The number of ketones is 1. The van der Waals surface area contributed by atoms with E-state index in [2.05, 4.69) is 4.98 Å². The minimum Gasteiger partial charge on any atom is -0.356 e. The maximum Gasteiger partial charge on any atom is 0.163 e. The standard InChI is InChI=1S/C15H18ClN3O3S/c1-10(20)12-8-13(16)14-9-17-11(2)19(14)15(12)18-4-3-6-23(21,22)7-5-18/h8-9H,3-7H2,1-2H3. The van der Waals surface area contributed by atoms with E-state index in [9.17, 15) is 13.2 Å². The monoisotopic (exact) mass is 355 g/mol. The average Bonchev–Trinajstić information content (AvgIpc) is 2.76. The summed E-state index contributed by atoms with van der Waals surface area (Å²) in [6.45, 7) is 4.26. The summed E-state index contributed by atoms with van der Waals surface area (Å²) < 4.78 is 25.6. The number of carbonyl (C=O) groups excluding carboxylic acids is 1. The second-order valence-electron chi connectivity index (χ2n) is 5.80. The van der Waals surface area contributed by atoms with Crippen LogP contribution in [0.5, 0.6) is 0 Å². The highest BCUT2D eigenvalue weighted by atomic mass is 35.5. The number of hydrogen-bond acceptors (Lipinski definition) is 5. The molecule has 2 aromatic heterocycles. The first kappa shape index (κ1) is 16.3. The molecule has 1 fully saturated rings. The van der Waals surface area contributed by atoms with Crippen LogP contribution in [0.25, 0.3) is 5.52 Å². The third-order valence-electron chi connectivity index (χ3n) is 4.14. The molecule has 1 saturated heterocycles. The second kappa shape index (κ2) is 5.79. The van der Waals surface area contributed by atoms with Crippen LogP contribution in [0, 0.1) is 6.92 Å². The van der Waals surface area contributed by atoms with Crippen molar-refractivity contribution < 1.29 is 13.2 Å². The molecule has 23 heavy (non-hydrogen) atoms. The van der Waals surface area contributed by atoms with E-state index < -0.39 is 9.84 Å². The Bertz CT molecular complexity index is 889. The lowest BCUT2D eigenvalue weighted by atomic mass is 10.1. The summed E-state index contributed by atoms with van der Waals surface area (Å²) in [7, 11) is -3.03. The van der Waals surface area contributed by atoms with Crippen LogP contribution in [0.1, 0.15) is 29.5 Å². The van der Waals surface area contributed by atoms with Gasteiger partial charge in [-0.3, -0.25) is 9.20 Å². The zero-order valence-corrected chi connectivity index (χ0v) is 14.6. The number of nitrogens with zero attached hydrogens (tertiary/aromatic N) is 3. The number of sulfone groups is 1. The van der Waals surface area contributed by atoms with Crippen LogP contribution in [0.4, 0.5) is 5.82 Å². The van der Waals surface area contributed by atoms with Gasteiger partial charge in [-0.15, -0.1) is 0 Å². The van der Waals surface area contributed by atoms with Gasteiger partial charge in [-0.2, -0.15) is 0 Å². The Labute approximate surface area is 140 Å². The number of rotatable bonds is 2. The van der Waals surface area contributed by atoms with Crippen molar-refractivity contribution in [2.45, 2.75) is 20.3 Å². The van der Waals surface area contributed by atoms with Crippen LogP contribution in [-0.2, 0) is 9.84 Å². The largest absolute Gasteiger partial charge is 0.356 e. The van der Waals surface area contributed by atoms with Crippen molar-refractivity contribution in [1.82, 2.24) is 9.38 Å². The maximum absolute atomic E-state index is 12.1. The number of carbonyl (C=O) groups is 1. The normalized spacial score (nSPS) is 18.1. The molecule has 2 aromatic rings. The fourth-order valence-corrected chi connectivity index (χ4v) is 4.50. The van der Waals surface area contributed by atoms with E-state index in [4.69, 9.17) is 11.6 Å². The van der Waals surface area contributed by atoms with Crippen LogP contribution in [-0.4, -0.2) is 48.2 Å². The Morgan fingerprint density at radius 3 is 2.74 bits per heavy atom. The Balaban J connectivity index is 2.22. The van der Waals surface area contributed by atoms with Gasteiger partial charge in [0.25, 0.3) is 0 Å². The minimum atomic E-state index is -3.03. The molecular weight excluding hydrogens is 338 g/mol. The predicted molar refractivity (Wildman–Crippen MR) is 90.4 cm³/mol. The predicted octanol–water partition coefficient (Wildman–Crippen LogP) is 2.12. The third kappa shape index (κ3) is 2.95. The molecule has 0 unspecified atom stereocenters. The van der Waals surface area contributed by atoms with Gasteiger partial charge in [0.15, 0.2) is 15.6 Å². The second-order valence-corrected chi connectivity index (χ2v) is 8.52. The molecule has 3 heterocycles. The molecule has 0 amide bonds. The van der Waals surface area contributed by atoms with Gasteiger partial charge in [0.1, 0.15) is 11.6 Å². The fraction of sp³-hybridized carbons (Fsp3) is 0.467. The van der Waals surface area contributed by atoms with Gasteiger partial charge in [-0.25, -0.2) is 13.4 Å². The highest BCUT2D eigenvalue weighted by Crippen LogP contribution is 2.31. The molecule has 8 heteroatoms. The van der Waals surface area contributed by atoms with E-state index in [1.54, 1.807) is 12.3 Å². The van der Waals surface area contributed by atoms with Crippen molar-refractivity contribution in [1.29, 1.82) is 0 Å². The zero-order chi connectivity index (χ0) is 16.8. The quantitative estimate of drug-likeness (QED) is 0.772. The van der Waals surface area contributed by atoms with Crippen LogP contribution in [0.2, 0.25) is 5.02 Å². The van der Waals surface area contributed by atoms with E-state index in [0.717, 1.165) is 5.52 Å². The van der Waals surface area contributed by atoms with E-state index in [-0.39, 0.29) is 17.3 Å². The summed E-state index contributed by atoms with van der Waals surface area (Å²) in [6.07, 6.45) is 2.21. The number of aryl methyl sites for hydroxylation is 1. The summed E-state index contributed by atoms with van der Waals surface area (Å²) >= 11 is 6.28. The van der Waals surface area contributed by atoms with E-state index in [1.807, 2.05) is 16.2 Å². The summed E-state index contributed by atoms with van der Waals surface area (Å²) in [5, 5.41) is 0.460. The number of hydrogen-bond donors (Lipinski definition) is 0. The average molecular weight is 356 g/mol. The number of aromatic nitrogens is 2.